The maximum absolute atomic E-state index is 6.43. The Balaban J connectivity index is 1.59. The molecule has 0 saturated carbocycles. The fourth-order valence-electron chi connectivity index (χ4n) is 5.25. The van der Waals surface area contributed by atoms with E-state index in [4.69, 9.17) is 16.6 Å². The number of thiophene rings is 1. The number of hydrogen-bond donors (Lipinski definition) is 0. The molecule has 6 rings (SSSR count). The summed E-state index contributed by atoms with van der Waals surface area (Å²) in [5.74, 6) is 0.944. The molecule has 0 saturated heterocycles. The van der Waals surface area contributed by atoms with Gasteiger partial charge in [0.15, 0.2) is 0 Å². The zero-order valence-electron chi connectivity index (χ0n) is 17.6. The molecule has 31 heavy (non-hydrogen) atoms. The summed E-state index contributed by atoms with van der Waals surface area (Å²) in [5, 5.41) is 1.46. The molecule has 3 nitrogen and oxygen atoms in total. The highest BCUT2D eigenvalue weighted by atomic mass is 35.5. The van der Waals surface area contributed by atoms with Gasteiger partial charge in [0.2, 0.25) is 5.28 Å². The average molecular weight is 446 g/mol. The number of para-hydroxylation sites is 1. The summed E-state index contributed by atoms with van der Waals surface area (Å²) in [6.45, 7) is 3.14. The summed E-state index contributed by atoms with van der Waals surface area (Å²) >= 11 is 8.15. The van der Waals surface area contributed by atoms with Crippen LogP contribution in [0.25, 0.3) is 21.3 Å². The van der Waals surface area contributed by atoms with Crippen LogP contribution >= 0.6 is 22.9 Å². The second kappa shape index (κ2) is 7.61. The lowest BCUT2D eigenvalue weighted by atomic mass is 9.88. The quantitative estimate of drug-likeness (QED) is 0.303. The van der Waals surface area contributed by atoms with Crippen LogP contribution in [0.3, 0.4) is 0 Å². The zero-order valence-corrected chi connectivity index (χ0v) is 19.2. The Hall–Kier alpha value is -2.43. The first-order chi connectivity index (χ1) is 15.2. The fraction of sp³-hybridized carbons (Fsp3) is 0.308. The van der Waals surface area contributed by atoms with E-state index in [-0.39, 0.29) is 0 Å². The third kappa shape index (κ3) is 3.24. The van der Waals surface area contributed by atoms with Gasteiger partial charge in [-0.2, -0.15) is 4.98 Å². The number of rotatable bonds is 2. The van der Waals surface area contributed by atoms with Crippen molar-refractivity contribution in [3.05, 3.63) is 69.3 Å². The van der Waals surface area contributed by atoms with Gasteiger partial charge in [-0.25, -0.2) is 4.98 Å². The minimum absolute atomic E-state index is 0.323. The third-order valence-electron chi connectivity index (χ3n) is 6.68. The Morgan fingerprint density at radius 2 is 1.71 bits per heavy atom. The molecule has 2 aromatic carbocycles. The minimum Gasteiger partial charge on any atom is -0.325 e. The van der Waals surface area contributed by atoms with Gasteiger partial charge in [0, 0.05) is 22.7 Å². The predicted octanol–water partition coefficient (Wildman–Crippen LogP) is 7.28. The standard InChI is InChI=1S/C26H24ClN3S/c1-16-22(20-13-12-17-7-2-3-9-19(17)15-20)23-24(28-26(27)29-25(23)31-16)30-14-6-10-18-8-4-5-11-21(18)30/h4-5,8,11-13,15H,2-3,6-7,9-10,14H2,1H3. The fourth-order valence-corrected chi connectivity index (χ4v) is 6.51. The molecule has 0 radical (unpaired) electrons. The summed E-state index contributed by atoms with van der Waals surface area (Å²) in [6.07, 6.45) is 7.19. The van der Waals surface area contributed by atoms with Gasteiger partial charge in [0.1, 0.15) is 10.6 Å². The molecular weight excluding hydrogens is 422 g/mol. The van der Waals surface area contributed by atoms with Crippen molar-refractivity contribution in [1.82, 2.24) is 9.97 Å². The van der Waals surface area contributed by atoms with Crippen LogP contribution in [0.1, 0.15) is 40.8 Å². The van der Waals surface area contributed by atoms with E-state index < -0.39 is 0 Å². The molecule has 0 unspecified atom stereocenters. The van der Waals surface area contributed by atoms with Gasteiger partial charge in [0.05, 0.1) is 5.39 Å². The van der Waals surface area contributed by atoms with Gasteiger partial charge >= 0.3 is 0 Å². The molecule has 4 aromatic rings. The molecule has 0 spiro atoms. The van der Waals surface area contributed by atoms with Gasteiger partial charge in [-0.15, -0.1) is 11.3 Å². The third-order valence-corrected chi connectivity index (χ3v) is 7.85. The van der Waals surface area contributed by atoms with Crippen LogP contribution in [0.15, 0.2) is 42.5 Å². The van der Waals surface area contributed by atoms with E-state index in [0.717, 1.165) is 35.4 Å². The molecule has 2 aliphatic rings. The summed E-state index contributed by atoms with van der Waals surface area (Å²) in [7, 11) is 0. The van der Waals surface area contributed by atoms with Gasteiger partial charge in [-0.05, 0) is 85.4 Å². The molecule has 3 heterocycles. The lowest BCUT2D eigenvalue weighted by Crippen LogP contribution is -2.25. The van der Waals surface area contributed by atoms with E-state index in [1.54, 1.807) is 11.3 Å². The van der Waals surface area contributed by atoms with Crippen molar-refractivity contribution in [2.24, 2.45) is 0 Å². The van der Waals surface area contributed by atoms with Crippen LogP contribution in [0, 0.1) is 6.92 Å². The van der Waals surface area contributed by atoms with E-state index in [2.05, 4.69) is 59.3 Å². The second-order valence-corrected chi connectivity index (χ2v) is 10.1. The summed E-state index contributed by atoms with van der Waals surface area (Å²) in [5.41, 5.74) is 8.17. The van der Waals surface area contributed by atoms with Crippen molar-refractivity contribution in [3.63, 3.8) is 0 Å². The monoisotopic (exact) mass is 445 g/mol. The number of aryl methyl sites for hydroxylation is 4. The van der Waals surface area contributed by atoms with Crippen LogP contribution in [0.4, 0.5) is 11.5 Å². The number of aromatic nitrogens is 2. The molecule has 5 heteroatoms. The van der Waals surface area contributed by atoms with Crippen LogP contribution < -0.4 is 4.90 Å². The SMILES string of the molecule is Cc1sc2nc(Cl)nc(N3CCCc4ccccc43)c2c1-c1ccc2c(c1)CCCC2. The molecular formula is C26H24ClN3S. The molecule has 0 amide bonds. The van der Waals surface area contributed by atoms with Crippen molar-refractivity contribution in [2.45, 2.75) is 45.4 Å². The molecule has 0 N–H and O–H groups in total. The Labute approximate surface area is 191 Å². The van der Waals surface area contributed by atoms with Crippen molar-refractivity contribution in [2.75, 3.05) is 11.4 Å². The largest absolute Gasteiger partial charge is 0.325 e. The zero-order chi connectivity index (χ0) is 20.9. The number of hydrogen-bond acceptors (Lipinski definition) is 4. The predicted molar refractivity (Wildman–Crippen MR) is 131 cm³/mol. The van der Waals surface area contributed by atoms with E-state index in [1.807, 2.05) is 0 Å². The van der Waals surface area contributed by atoms with E-state index in [0.29, 0.717) is 5.28 Å². The summed E-state index contributed by atoms with van der Waals surface area (Å²) in [4.78, 5) is 14.0. The highest BCUT2D eigenvalue weighted by Crippen LogP contribution is 2.45. The van der Waals surface area contributed by atoms with Crippen molar-refractivity contribution in [1.29, 1.82) is 0 Å². The molecule has 0 bridgehead atoms. The number of halogens is 1. The summed E-state index contributed by atoms with van der Waals surface area (Å²) in [6, 6.07) is 15.7. The smallest absolute Gasteiger partial charge is 0.225 e. The van der Waals surface area contributed by atoms with E-state index in [1.165, 1.54) is 64.1 Å². The first kappa shape index (κ1) is 19.3. The molecule has 0 fully saturated rings. The maximum Gasteiger partial charge on any atom is 0.225 e. The molecule has 1 aliphatic heterocycles. The second-order valence-electron chi connectivity index (χ2n) is 8.60. The highest BCUT2D eigenvalue weighted by molar-refractivity contribution is 7.19. The van der Waals surface area contributed by atoms with Crippen molar-refractivity contribution < 1.29 is 0 Å². The topological polar surface area (TPSA) is 29.0 Å². The molecule has 156 valence electrons. The van der Waals surface area contributed by atoms with Crippen LogP contribution in [0.2, 0.25) is 5.28 Å². The number of anilines is 2. The molecule has 0 atom stereocenters. The van der Waals surface area contributed by atoms with Gasteiger partial charge in [0.25, 0.3) is 0 Å². The van der Waals surface area contributed by atoms with Gasteiger partial charge < -0.3 is 4.90 Å². The Kier molecular flexibility index (Phi) is 4.73. The Bertz CT molecular complexity index is 1310. The van der Waals surface area contributed by atoms with Crippen LogP contribution in [-0.2, 0) is 19.3 Å². The normalized spacial score (nSPS) is 15.7. The van der Waals surface area contributed by atoms with Crippen molar-refractivity contribution in [3.8, 4) is 11.1 Å². The highest BCUT2D eigenvalue weighted by Gasteiger charge is 2.26. The van der Waals surface area contributed by atoms with E-state index >= 15 is 0 Å². The first-order valence-electron chi connectivity index (χ1n) is 11.1. The average Bonchev–Trinajstić information content (AvgIpc) is 3.13. The van der Waals surface area contributed by atoms with E-state index in [9.17, 15) is 0 Å². The molecule has 2 aromatic heterocycles. The Morgan fingerprint density at radius 1 is 0.903 bits per heavy atom. The maximum atomic E-state index is 6.43. The number of nitrogens with zero attached hydrogens (tertiary/aromatic N) is 3. The van der Waals surface area contributed by atoms with Gasteiger partial charge in [-0.1, -0.05) is 36.4 Å². The Morgan fingerprint density at radius 3 is 2.61 bits per heavy atom. The van der Waals surface area contributed by atoms with Crippen molar-refractivity contribution >= 4 is 44.7 Å². The minimum atomic E-state index is 0.323. The van der Waals surface area contributed by atoms with Crippen LogP contribution in [0.5, 0.6) is 0 Å². The van der Waals surface area contributed by atoms with Crippen LogP contribution in [-0.4, -0.2) is 16.5 Å². The number of fused-ring (bicyclic) bond motifs is 3. The summed E-state index contributed by atoms with van der Waals surface area (Å²) < 4.78 is 0. The molecule has 1 aliphatic carbocycles. The lowest BCUT2D eigenvalue weighted by molar-refractivity contribution is 0.686. The first-order valence-corrected chi connectivity index (χ1v) is 12.3. The number of benzene rings is 2. The lowest BCUT2D eigenvalue weighted by Gasteiger charge is -2.31. The van der Waals surface area contributed by atoms with Gasteiger partial charge in [-0.3, -0.25) is 0 Å².